The van der Waals surface area contributed by atoms with Gasteiger partial charge in [-0.2, -0.15) is 0 Å². The molecule has 0 bridgehead atoms. The van der Waals surface area contributed by atoms with Gasteiger partial charge >= 0.3 is 0 Å². The van der Waals surface area contributed by atoms with Crippen molar-refractivity contribution >= 4 is 5.96 Å². The average molecular weight is 328 g/mol. The summed E-state index contributed by atoms with van der Waals surface area (Å²) in [6.07, 6.45) is 9.93. The topological polar surface area (TPSA) is 54.9 Å². The molecule has 2 N–H and O–H groups in total. The van der Waals surface area contributed by atoms with Crippen LogP contribution in [0, 0.1) is 5.41 Å². The molecule has 0 amide bonds. The third-order valence-corrected chi connectivity index (χ3v) is 4.82. The van der Waals surface area contributed by atoms with Gasteiger partial charge in [-0.15, -0.1) is 0 Å². The summed E-state index contributed by atoms with van der Waals surface area (Å²) in [5, 5.41) is 6.96. The molecule has 1 fully saturated rings. The maximum Gasteiger partial charge on any atom is 0.190 e. The Balaban J connectivity index is 2.25. The standard InChI is InChI=1S/C18H37N3O2/c1-4-23-15-12-18(10-6-7-11-18)16-21-17(19-2)20-13-8-5-9-14-22-3/h4-16H2,1-3H3,(H2,19,20,21). The van der Waals surface area contributed by atoms with Gasteiger partial charge < -0.3 is 20.1 Å². The van der Waals surface area contributed by atoms with Gasteiger partial charge in [0.05, 0.1) is 0 Å². The third-order valence-electron chi connectivity index (χ3n) is 4.82. The van der Waals surface area contributed by atoms with Crippen molar-refractivity contribution in [2.45, 2.75) is 58.3 Å². The summed E-state index contributed by atoms with van der Waals surface area (Å²) in [5.74, 6) is 0.930. The van der Waals surface area contributed by atoms with Gasteiger partial charge in [0.25, 0.3) is 0 Å². The van der Waals surface area contributed by atoms with E-state index in [0.29, 0.717) is 5.41 Å². The van der Waals surface area contributed by atoms with Gasteiger partial charge in [-0.3, -0.25) is 4.99 Å². The van der Waals surface area contributed by atoms with Crippen LogP contribution in [0.3, 0.4) is 0 Å². The Morgan fingerprint density at radius 2 is 1.87 bits per heavy atom. The van der Waals surface area contributed by atoms with Crippen LogP contribution in [-0.4, -0.2) is 53.0 Å². The normalized spacial score (nSPS) is 17.4. The number of hydrogen-bond donors (Lipinski definition) is 2. The van der Waals surface area contributed by atoms with E-state index in [1.165, 1.54) is 32.1 Å². The van der Waals surface area contributed by atoms with Crippen molar-refractivity contribution in [3.05, 3.63) is 0 Å². The summed E-state index contributed by atoms with van der Waals surface area (Å²) in [4.78, 5) is 4.35. The van der Waals surface area contributed by atoms with Crippen LogP contribution in [0.15, 0.2) is 4.99 Å². The van der Waals surface area contributed by atoms with E-state index in [2.05, 4.69) is 22.5 Å². The molecule has 0 atom stereocenters. The summed E-state index contributed by atoms with van der Waals surface area (Å²) in [5.41, 5.74) is 0.394. The monoisotopic (exact) mass is 327 g/mol. The first-order valence-corrected chi connectivity index (χ1v) is 9.27. The molecule has 0 spiro atoms. The molecule has 0 unspecified atom stereocenters. The van der Waals surface area contributed by atoms with E-state index >= 15 is 0 Å². The molecule has 0 aromatic rings. The van der Waals surface area contributed by atoms with Crippen LogP contribution in [0.4, 0.5) is 0 Å². The van der Waals surface area contributed by atoms with Gasteiger partial charge in [-0.25, -0.2) is 0 Å². The van der Waals surface area contributed by atoms with Gasteiger partial charge in [0.1, 0.15) is 0 Å². The second-order valence-corrected chi connectivity index (χ2v) is 6.56. The third kappa shape index (κ3) is 8.56. The molecule has 136 valence electrons. The molecule has 1 aliphatic carbocycles. The highest BCUT2D eigenvalue weighted by atomic mass is 16.5. The first-order chi connectivity index (χ1) is 11.3. The summed E-state index contributed by atoms with van der Waals surface area (Å²) < 4.78 is 10.7. The van der Waals surface area contributed by atoms with Crippen LogP contribution in [0.2, 0.25) is 0 Å². The fraction of sp³-hybridized carbons (Fsp3) is 0.944. The molecule has 0 aromatic carbocycles. The highest BCUT2D eigenvalue weighted by Crippen LogP contribution is 2.40. The minimum Gasteiger partial charge on any atom is -0.385 e. The van der Waals surface area contributed by atoms with Gasteiger partial charge in [-0.05, 0) is 50.9 Å². The molecule has 0 heterocycles. The van der Waals surface area contributed by atoms with Gasteiger partial charge in [0.15, 0.2) is 5.96 Å². The number of rotatable bonds is 12. The Hall–Kier alpha value is -0.810. The number of nitrogens with zero attached hydrogens (tertiary/aromatic N) is 1. The van der Waals surface area contributed by atoms with Crippen LogP contribution in [0.1, 0.15) is 58.3 Å². The van der Waals surface area contributed by atoms with E-state index in [1.807, 2.05) is 7.05 Å². The van der Waals surface area contributed by atoms with Crippen LogP contribution >= 0.6 is 0 Å². The number of ether oxygens (including phenoxy) is 2. The second kappa shape index (κ2) is 12.6. The molecule has 23 heavy (non-hydrogen) atoms. The summed E-state index contributed by atoms with van der Waals surface area (Å²) in [6, 6.07) is 0. The number of unbranched alkanes of at least 4 members (excludes halogenated alkanes) is 2. The molecule has 1 aliphatic rings. The fourth-order valence-electron chi connectivity index (χ4n) is 3.32. The summed E-state index contributed by atoms with van der Waals surface area (Å²) in [7, 11) is 3.61. The Bertz CT molecular complexity index is 315. The van der Waals surface area contributed by atoms with Gasteiger partial charge in [-0.1, -0.05) is 12.8 Å². The van der Waals surface area contributed by atoms with Crippen molar-refractivity contribution in [3.8, 4) is 0 Å². The molecule has 0 aliphatic heterocycles. The zero-order valence-corrected chi connectivity index (χ0v) is 15.5. The number of guanidine groups is 1. The Morgan fingerprint density at radius 1 is 1.09 bits per heavy atom. The Kier molecular flexibility index (Phi) is 11.1. The summed E-state index contributed by atoms with van der Waals surface area (Å²) >= 11 is 0. The zero-order chi connectivity index (χ0) is 16.8. The predicted octanol–water partition coefficient (Wildman–Crippen LogP) is 2.96. The smallest absolute Gasteiger partial charge is 0.190 e. The zero-order valence-electron chi connectivity index (χ0n) is 15.5. The lowest BCUT2D eigenvalue weighted by molar-refractivity contribution is 0.105. The SMILES string of the molecule is CCOCCC1(CNC(=NC)NCCCCCOC)CCCC1. The van der Waals surface area contributed by atoms with Crippen molar-refractivity contribution in [1.82, 2.24) is 10.6 Å². The van der Waals surface area contributed by atoms with Crippen molar-refractivity contribution in [1.29, 1.82) is 0 Å². The van der Waals surface area contributed by atoms with Crippen LogP contribution in [0.25, 0.3) is 0 Å². The van der Waals surface area contributed by atoms with E-state index in [-0.39, 0.29) is 0 Å². The molecule has 5 heteroatoms. The molecule has 0 saturated heterocycles. The molecule has 5 nitrogen and oxygen atoms in total. The second-order valence-electron chi connectivity index (χ2n) is 6.56. The number of methoxy groups -OCH3 is 1. The molecule has 0 radical (unpaired) electrons. The van der Waals surface area contributed by atoms with E-state index in [0.717, 1.165) is 58.1 Å². The molecular weight excluding hydrogens is 290 g/mol. The maximum absolute atomic E-state index is 5.58. The Morgan fingerprint density at radius 3 is 2.52 bits per heavy atom. The van der Waals surface area contributed by atoms with Crippen molar-refractivity contribution < 1.29 is 9.47 Å². The fourth-order valence-corrected chi connectivity index (χ4v) is 3.32. The lowest BCUT2D eigenvalue weighted by Crippen LogP contribution is -2.43. The predicted molar refractivity (Wildman–Crippen MR) is 97.1 cm³/mol. The van der Waals surface area contributed by atoms with E-state index in [9.17, 15) is 0 Å². The largest absolute Gasteiger partial charge is 0.385 e. The van der Waals surface area contributed by atoms with Crippen LogP contribution in [-0.2, 0) is 9.47 Å². The first-order valence-electron chi connectivity index (χ1n) is 9.27. The first kappa shape index (κ1) is 20.2. The summed E-state index contributed by atoms with van der Waals surface area (Å²) in [6.45, 7) is 6.59. The molecule has 0 aromatic heterocycles. The number of aliphatic imine (C=N–C) groups is 1. The molecular formula is C18H37N3O2. The minimum absolute atomic E-state index is 0.394. The van der Waals surface area contributed by atoms with Crippen LogP contribution < -0.4 is 10.6 Å². The Labute approximate surface area is 142 Å². The highest BCUT2D eigenvalue weighted by Gasteiger charge is 2.33. The van der Waals surface area contributed by atoms with E-state index in [1.54, 1.807) is 7.11 Å². The average Bonchev–Trinajstić information content (AvgIpc) is 3.03. The van der Waals surface area contributed by atoms with E-state index in [4.69, 9.17) is 9.47 Å². The van der Waals surface area contributed by atoms with Crippen molar-refractivity contribution in [3.63, 3.8) is 0 Å². The minimum atomic E-state index is 0.394. The molecule has 1 rings (SSSR count). The lowest BCUT2D eigenvalue weighted by Gasteiger charge is -2.30. The number of hydrogen-bond acceptors (Lipinski definition) is 3. The quantitative estimate of drug-likeness (QED) is 0.329. The number of nitrogens with one attached hydrogen (secondary N) is 2. The van der Waals surface area contributed by atoms with Crippen LogP contribution in [0.5, 0.6) is 0 Å². The van der Waals surface area contributed by atoms with Crippen molar-refractivity contribution in [2.75, 3.05) is 47.1 Å². The molecule has 1 saturated carbocycles. The van der Waals surface area contributed by atoms with Crippen molar-refractivity contribution in [2.24, 2.45) is 10.4 Å². The van der Waals surface area contributed by atoms with Gasteiger partial charge in [0, 0.05) is 47.1 Å². The highest BCUT2D eigenvalue weighted by molar-refractivity contribution is 5.79. The van der Waals surface area contributed by atoms with E-state index < -0.39 is 0 Å². The van der Waals surface area contributed by atoms with Gasteiger partial charge in [0.2, 0.25) is 0 Å². The lowest BCUT2D eigenvalue weighted by atomic mass is 9.83. The maximum atomic E-state index is 5.58.